The van der Waals surface area contributed by atoms with Gasteiger partial charge in [0.2, 0.25) is 10.0 Å². The molecule has 0 bridgehead atoms. The van der Waals surface area contributed by atoms with Gasteiger partial charge in [0.25, 0.3) is 0 Å². The van der Waals surface area contributed by atoms with Crippen molar-refractivity contribution < 1.29 is 17.9 Å². The first-order chi connectivity index (χ1) is 10.8. The fourth-order valence-corrected chi connectivity index (χ4v) is 2.83. The highest BCUT2D eigenvalue weighted by Gasteiger charge is 2.17. The topological polar surface area (TPSA) is 110 Å². The van der Waals surface area contributed by atoms with Gasteiger partial charge in [-0.1, -0.05) is 23.7 Å². The Hall–Kier alpha value is -2.40. The highest BCUT2D eigenvalue weighted by molar-refractivity contribution is 7.89. The van der Waals surface area contributed by atoms with Crippen molar-refractivity contribution in [3.8, 4) is 6.07 Å². The first kappa shape index (κ1) is 17.0. The molecule has 0 aliphatic carbocycles. The summed E-state index contributed by atoms with van der Waals surface area (Å²) in [5.74, 6) is -0.712. The van der Waals surface area contributed by atoms with Crippen molar-refractivity contribution in [2.45, 2.75) is 11.5 Å². The van der Waals surface area contributed by atoms with Crippen LogP contribution in [0, 0.1) is 11.3 Å². The number of halogens is 1. The maximum absolute atomic E-state index is 12.0. The number of hydrogen-bond donors (Lipinski definition) is 1. The zero-order valence-electron chi connectivity index (χ0n) is 11.7. The number of nitrogens with two attached hydrogens (primary N) is 1. The maximum atomic E-state index is 12.0. The predicted octanol–water partition coefficient (Wildman–Crippen LogP) is 2.22. The molecule has 0 aromatic heterocycles. The van der Waals surface area contributed by atoms with Crippen LogP contribution in [0.25, 0.3) is 0 Å². The Bertz CT molecular complexity index is 887. The summed E-state index contributed by atoms with van der Waals surface area (Å²) < 4.78 is 27.9. The lowest BCUT2D eigenvalue weighted by Gasteiger charge is -2.07. The second-order valence-corrected chi connectivity index (χ2v) is 6.51. The summed E-state index contributed by atoms with van der Waals surface area (Å²) in [5.41, 5.74) is 1.21. The Labute approximate surface area is 138 Å². The second-order valence-electron chi connectivity index (χ2n) is 4.58. The minimum atomic E-state index is -4.03. The van der Waals surface area contributed by atoms with Crippen LogP contribution in [0.3, 0.4) is 0 Å². The van der Waals surface area contributed by atoms with E-state index in [1.165, 1.54) is 12.1 Å². The number of carbonyl (C=O) groups is 1. The molecule has 0 spiro atoms. The van der Waals surface area contributed by atoms with E-state index in [0.717, 1.165) is 6.07 Å². The number of nitriles is 1. The van der Waals surface area contributed by atoms with E-state index in [2.05, 4.69) is 0 Å². The van der Waals surface area contributed by atoms with Gasteiger partial charge < -0.3 is 4.74 Å². The zero-order valence-corrected chi connectivity index (χ0v) is 13.3. The van der Waals surface area contributed by atoms with Crippen molar-refractivity contribution in [1.29, 1.82) is 5.26 Å². The molecule has 0 atom stereocenters. The molecule has 0 saturated carbocycles. The molecular weight excluding hydrogens is 340 g/mol. The SMILES string of the molecule is N#Cc1ccc(COC(=O)c2ccc(Cl)c(S(N)(=O)=O)c2)cc1. The third kappa shape index (κ3) is 4.29. The van der Waals surface area contributed by atoms with Crippen LogP contribution < -0.4 is 5.14 Å². The Morgan fingerprint density at radius 1 is 1.22 bits per heavy atom. The van der Waals surface area contributed by atoms with E-state index >= 15 is 0 Å². The molecule has 2 N–H and O–H groups in total. The number of sulfonamides is 1. The Morgan fingerprint density at radius 2 is 1.87 bits per heavy atom. The molecule has 0 heterocycles. The Morgan fingerprint density at radius 3 is 2.43 bits per heavy atom. The smallest absolute Gasteiger partial charge is 0.338 e. The van der Waals surface area contributed by atoms with E-state index in [1.54, 1.807) is 24.3 Å². The zero-order chi connectivity index (χ0) is 17.0. The molecule has 0 fully saturated rings. The average molecular weight is 351 g/mol. The van der Waals surface area contributed by atoms with Gasteiger partial charge in [-0.3, -0.25) is 0 Å². The molecule has 0 unspecified atom stereocenters. The largest absolute Gasteiger partial charge is 0.457 e. The van der Waals surface area contributed by atoms with Gasteiger partial charge in [-0.25, -0.2) is 18.4 Å². The molecule has 118 valence electrons. The van der Waals surface area contributed by atoms with Crippen LogP contribution in [0.2, 0.25) is 5.02 Å². The number of ether oxygens (including phenoxy) is 1. The summed E-state index contributed by atoms with van der Waals surface area (Å²) in [5, 5.41) is 13.7. The van der Waals surface area contributed by atoms with E-state index in [9.17, 15) is 13.2 Å². The molecule has 0 amide bonds. The Balaban J connectivity index is 2.13. The van der Waals surface area contributed by atoms with E-state index in [-0.39, 0.29) is 22.1 Å². The van der Waals surface area contributed by atoms with Crippen LogP contribution in [0.4, 0.5) is 0 Å². The lowest BCUT2D eigenvalue weighted by molar-refractivity contribution is 0.0472. The van der Waals surface area contributed by atoms with Crippen LogP contribution in [-0.4, -0.2) is 14.4 Å². The van der Waals surface area contributed by atoms with E-state index in [4.69, 9.17) is 26.7 Å². The molecule has 0 aliphatic heterocycles. The predicted molar refractivity (Wildman–Crippen MR) is 83.1 cm³/mol. The lowest BCUT2D eigenvalue weighted by atomic mass is 10.1. The van der Waals surface area contributed by atoms with Crippen molar-refractivity contribution in [3.05, 3.63) is 64.2 Å². The summed E-state index contributed by atoms with van der Waals surface area (Å²) in [4.78, 5) is 11.6. The molecule has 0 aliphatic rings. The van der Waals surface area contributed by atoms with Crippen LogP contribution in [-0.2, 0) is 21.4 Å². The summed E-state index contributed by atoms with van der Waals surface area (Å²) in [6.45, 7) is -0.0160. The number of rotatable bonds is 4. The van der Waals surface area contributed by atoms with Crippen LogP contribution >= 0.6 is 11.6 Å². The summed E-state index contributed by atoms with van der Waals surface area (Å²) in [6, 6.07) is 12.2. The van der Waals surface area contributed by atoms with E-state index < -0.39 is 16.0 Å². The number of hydrogen-bond acceptors (Lipinski definition) is 5. The molecule has 8 heteroatoms. The van der Waals surface area contributed by atoms with Gasteiger partial charge in [0.1, 0.15) is 11.5 Å². The highest BCUT2D eigenvalue weighted by atomic mass is 35.5. The quantitative estimate of drug-likeness (QED) is 0.850. The van der Waals surface area contributed by atoms with E-state index in [1.807, 2.05) is 6.07 Å². The number of carbonyl (C=O) groups excluding carboxylic acids is 1. The van der Waals surface area contributed by atoms with Gasteiger partial charge in [-0.15, -0.1) is 0 Å². The number of benzene rings is 2. The monoisotopic (exact) mass is 350 g/mol. The first-order valence-electron chi connectivity index (χ1n) is 6.30. The third-order valence-electron chi connectivity index (χ3n) is 2.93. The van der Waals surface area contributed by atoms with Crippen LogP contribution in [0.15, 0.2) is 47.4 Å². The molecule has 23 heavy (non-hydrogen) atoms. The van der Waals surface area contributed by atoms with Crippen LogP contribution in [0.1, 0.15) is 21.5 Å². The molecule has 6 nitrogen and oxygen atoms in total. The normalized spacial score (nSPS) is 10.8. The second kappa shape index (κ2) is 6.79. The van der Waals surface area contributed by atoms with Crippen molar-refractivity contribution in [3.63, 3.8) is 0 Å². The van der Waals surface area contributed by atoms with Crippen molar-refractivity contribution in [2.75, 3.05) is 0 Å². The van der Waals surface area contributed by atoms with Crippen molar-refractivity contribution >= 4 is 27.6 Å². The maximum Gasteiger partial charge on any atom is 0.338 e. The standard InChI is InChI=1S/C15H11ClN2O4S/c16-13-6-5-12(7-14(13)23(18,20)21)15(19)22-9-11-3-1-10(8-17)2-4-11/h1-7H,9H2,(H2,18,20,21). The summed E-state index contributed by atoms with van der Waals surface area (Å²) >= 11 is 5.75. The summed E-state index contributed by atoms with van der Waals surface area (Å²) in [6.07, 6.45) is 0. The highest BCUT2D eigenvalue weighted by Crippen LogP contribution is 2.22. The summed E-state index contributed by atoms with van der Waals surface area (Å²) in [7, 11) is -4.03. The fourth-order valence-electron chi connectivity index (χ4n) is 1.76. The average Bonchev–Trinajstić information content (AvgIpc) is 2.52. The van der Waals surface area contributed by atoms with Gasteiger partial charge >= 0.3 is 5.97 Å². The minimum absolute atomic E-state index is 0.0160. The molecule has 2 rings (SSSR count). The molecule has 2 aromatic rings. The lowest BCUT2D eigenvalue weighted by Crippen LogP contribution is -2.14. The molecular formula is C15H11ClN2O4S. The number of nitrogens with zero attached hydrogens (tertiary/aromatic N) is 1. The van der Waals surface area contributed by atoms with Gasteiger partial charge in [-0.05, 0) is 35.9 Å². The van der Waals surface area contributed by atoms with Crippen molar-refractivity contribution in [2.24, 2.45) is 5.14 Å². The van der Waals surface area contributed by atoms with Gasteiger partial charge in [0.15, 0.2) is 0 Å². The van der Waals surface area contributed by atoms with E-state index in [0.29, 0.717) is 11.1 Å². The fraction of sp³-hybridized carbons (Fsp3) is 0.0667. The number of esters is 1. The van der Waals surface area contributed by atoms with Crippen LogP contribution in [0.5, 0.6) is 0 Å². The molecule has 0 radical (unpaired) electrons. The first-order valence-corrected chi connectivity index (χ1v) is 8.22. The molecule has 2 aromatic carbocycles. The third-order valence-corrected chi connectivity index (χ3v) is 4.32. The molecule has 0 saturated heterocycles. The van der Waals surface area contributed by atoms with Gasteiger partial charge in [0, 0.05) is 0 Å². The van der Waals surface area contributed by atoms with Gasteiger partial charge in [0.05, 0.1) is 22.2 Å². The van der Waals surface area contributed by atoms with Crippen molar-refractivity contribution in [1.82, 2.24) is 0 Å². The minimum Gasteiger partial charge on any atom is -0.457 e. The Kier molecular flexibility index (Phi) is 5.01. The number of primary sulfonamides is 1. The van der Waals surface area contributed by atoms with Gasteiger partial charge in [-0.2, -0.15) is 5.26 Å².